The number of imidazole rings is 1. The Morgan fingerprint density at radius 3 is 2.43 bits per heavy atom. The third-order valence-electron chi connectivity index (χ3n) is 3.92. The number of H-pyrrole nitrogens is 1. The number of nitrogens with zero attached hydrogens (tertiary/aromatic N) is 1. The van der Waals surface area contributed by atoms with Gasteiger partial charge < -0.3 is 9.72 Å². The topological polar surface area (TPSA) is 37.9 Å². The van der Waals surface area contributed by atoms with E-state index >= 15 is 0 Å². The van der Waals surface area contributed by atoms with Gasteiger partial charge >= 0.3 is 6.18 Å². The summed E-state index contributed by atoms with van der Waals surface area (Å²) >= 11 is 0. The molecule has 112 valence electrons. The molecule has 1 N–H and O–H groups in total. The fourth-order valence-electron chi connectivity index (χ4n) is 2.32. The quantitative estimate of drug-likeness (QED) is 0.934. The lowest BCUT2D eigenvalue weighted by molar-refractivity contribution is -0.137. The molecule has 6 heteroatoms. The summed E-state index contributed by atoms with van der Waals surface area (Å²) in [6, 6.07) is 5.08. The van der Waals surface area contributed by atoms with Gasteiger partial charge in [0.25, 0.3) is 0 Å². The summed E-state index contributed by atoms with van der Waals surface area (Å²) < 4.78 is 42.8. The van der Waals surface area contributed by atoms with E-state index in [0.29, 0.717) is 11.5 Å². The summed E-state index contributed by atoms with van der Waals surface area (Å²) in [5.74, 6) is 1.55. The molecule has 2 heterocycles. The summed E-state index contributed by atoms with van der Waals surface area (Å²) in [5, 5.41) is 0. The van der Waals surface area contributed by atoms with Crippen molar-refractivity contribution < 1.29 is 17.9 Å². The number of aromatic nitrogens is 2. The highest BCUT2D eigenvalue weighted by molar-refractivity contribution is 5.59. The zero-order valence-electron chi connectivity index (χ0n) is 11.4. The van der Waals surface area contributed by atoms with E-state index in [1.807, 2.05) is 0 Å². The first kappa shape index (κ1) is 14.1. The molecule has 1 saturated heterocycles. The maximum absolute atomic E-state index is 12.5. The van der Waals surface area contributed by atoms with E-state index in [1.54, 1.807) is 6.20 Å². The van der Waals surface area contributed by atoms with Crippen LogP contribution in [-0.2, 0) is 10.9 Å². The van der Waals surface area contributed by atoms with Crippen molar-refractivity contribution in [3.63, 3.8) is 0 Å². The average Bonchev–Trinajstić information content (AvgIpc) is 2.85. The summed E-state index contributed by atoms with van der Waals surface area (Å²) in [6.45, 7) is 3.54. The van der Waals surface area contributed by atoms with Crippen molar-refractivity contribution in [3.05, 3.63) is 41.9 Å². The molecule has 0 saturated carbocycles. The second-order valence-corrected chi connectivity index (χ2v) is 5.34. The van der Waals surface area contributed by atoms with Gasteiger partial charge in [0.2, 0.25) is 0 Å². The lowest BCUT2D eigenvalue weighted by Crippen LogP contribution is -2.32. The molecule has 1 aromatic heterocycles. The third-order valence-corrected chi connectivity index (χ3v) is 3.92. The standard InChI is InChI=1S/C15H15F3N2O/c1-9(11-7-21-8-11)14-19-6-13(20-14)10-2-4-12(5-3-10)15(16,17)18/h2-6,9,11H,7-8H2,1H3,(H,19,20). The number of aromatic amines is 1. The molecule has 3 rings (SSSR count). The Bertz CT molecular complexity index is 615. The summed E-state index contributed by atoms with van der Waals surface area (Å²) in [7, 11) is 0. The van der Waals surface area contributed by atoms with Gasteiger partial charge in [-0.2, -0.15) is 13.2 Å². The molecule has 0 amide bonds. The first-order valence-corrected chi connectivity index (χ1v) is 6.75. The molecule has 1 aliphatic rings. The molecule has 1 unspecified atom stereocenters. The van der Waals surface area contributed by atoms with Crippen LogP contribution in [0.3, 0.4) is 0 Å². The third kappa shape index (κ3) is 2.81. The van der Waals surface area contributed by atoms with E-state index in [4.69, 9.17) is 4.74 Å². The predicted octanol–water partition coefficient (Wildman–Crippen LogP) is 3.85. The van der Waals surface area contributed by atoms with Crippen molar-refractivity contribution in [1.82, 2.24) is 9.97 Å². The predicted molar refractivity (Wildman–Crippen MR) is 71.7 cm³/mol. The Kier molecular flexibility index (Phi) is 3.49. The van der Waals surface area contributed by atoms with Crippen molar-refractivity contribution in [1.29, 1.82) is 0 Å². The van der Waals surface area contributed by atoms with Crippen LogP contribution in [0.2, 0.25) is 0 Å². The second kappa shape index (κ2) is 5.18. The van der Waals surface area contributed by atoms with Gasteiger partial charge in [-0.15, -0.1) is 0 Å². The first-order valence-electron chi connectivity index (χ1n) is 6.75. The SMILES string of the molecule is CC(c1ncc(-c2ccc(C(F)(F)F)cc2)[nH]1)C1COC1. The highest BCUT2D eigenvalue weighted by Gasteiger charge is 2.30. The van der Waals surface area contributed by atoms with Crippen LogP contribution in [0.25, 0.3) is 11.3 Å². The Morgan fingerprint density at radius 2 is 1.90 bits per heavy atom. The fourth-order valence-corrected chi connectivity index (χ4v) is 2.32. The lowest BCUT2D eigenvalue weighted by Gasteiger charge is -2.30. The Labute approximate surface area is 120 Å². The largest absolute Gasteiger partial charge is 0.416 e. The minimum Gasteiger partial charge on any atom is -0.381 e. The number of rotatable bonds is 3. The number of benzene rings is 1. The highest BCUT2D eigenvalue weighted by Crippen LogP contribution is 2.32. The number of halogens is 3. The number of hydrogen-bond donors (Lipinski definition) is 1. The van der Waals surface area contributed by atoms with Crippen LogP contribution in [0.1, 0.15) is 24.2 Å². The van der Waals surface area contributed by atoms with Crippen molar-refractivity contribution in [3.8, 4) is 11.3 Å². The van der Waals surface area contributed by atoms with E-state index in [1.165, 1.54) is 12.1 Å². The van der Waals surface area contributed by atoms with E-state index in [9.17, 15) is 13.2 Å². The smallest absolute Gasteiger partial charge is 0.381 e. The number of ether oxygens (including phenoxy) is 1. The molecule has 1 atom stereocenters. The molecule has 0 bridgehead atoms. The number of nitrogens with one attached hydrogen (secondary N) is 1. The number of hydrogen-bond acceptors (Lipinski definition) is 2. The van der Waals surface area contributed by atoms with Crippen LogP contribution >= 0.6 is 0 Å². The molecular weight excluding hydrogens is 281 g/mol. The van der Waals surface area contributed by atoms with E-state index in [0.717, 1.165) is 36.9 Å². The van der Waals surface area contributed by atoms with Crippen LogP contribution in [0.5, 0.6) is 0 Å². The lowest BCUT2D eigenvalue weighted by atomic mass is 9.92. The Balaban J connectivity index is 1.79. The summed E-state index contributed by atoms with van der Waals surface area (Å²) in [4.78, 5) is 7.52. The molecule has 1 aliphatic heterocycles. The van der Waals surface area contributed by atoms with Crippen LogP contribution in [-0.4, -0.2) is 23.2 Å². The van der Waals surface area contributed by atoms with Crippen LogP contribution < -0.4 is 0 Å². The minimum atomic E-state index is -4.31. The van der Waals surface area contributed by atoms with Gasteiger partial charge in [-0.25, -0.2) is 4.98 Å². The molecular formula is C15H15F3N2O. The Morgan fingerprint density at radius 1 is 1.24 bits per heavy atom. The second-order valence-electron chi connectivity index (χ2n) is 5.34. The molecule has 2 aromatic rings. The van der Waals surface area contributed by atoms with Gasteiger partial charge in [-0.05, 0) is 17.7 Å². The van der Waals surface area contributed by atoms with E-state index in [2.05, 4.69) is 16.9 Å². The molecule has 21 heavy (non-hydrogen) atoms. The van der Waals surface area contributed by atoms with Crippen molar-refractivity contribution in [2.45, 2.75) is 19.0 Å². The van der Waals surface area contributed by atoms with Crippen LogP contribution in [0.4, 0.5) is 13.2 Å². The zero-order chi connectivity index (χ0) is 15.0. The van der Waals surface area contributed by atoms with Gasteiger partial charge in [0, 0.05) is 11.8 Å². The van der Waals surface area contributed by atoms with E-state index < -0.39 is 11.7 Å². The average molecular weight is 296 g/mol. The molecule has 0 aliphatic carbocycles. The molecule has 1 aromatic carbocycles. The molecule has 0 spiro atoms. The summed E-state index contributed by atoms with van der Waals surface area (Å²) in [6.07, 6.45) is -2.65. The van der Waals surface area contributed by atoms with Gasteiger partial charge in [-0.1, -0.05) is 19.1 Å². The number of alkyl halides is 3. The van der Waals surface area contributed by atoms with Crippen LogP contribution in [0, 0.1) is 5.92 Å². The fraction of sp³-hybridized carbons (Fsp3) is 0.400. The van der Waals surface area contributed by atoms with Crippen molar-refractivity contribution >= 4 is 0 Å². The van der Waals surface area contributed by atoms with Gasteiger partial charge in [0.15, 0.2) is 0 Å². The first-order chi connectivity index (χ1) is 9.95. The highest BCUT2D eigenvalue weighted by atomic mass is 19.4. The van der Waals surface area contributed by atoms with Gasteiger partial charge in [-0.3, -0.25) is 0 Å². The van der Waals surface area contributed by atoms with Crippen molar-refractivity contribution in [2.75, 3.05) is 13.2 Å². The van der Waals surface area contributed by atoms with Crippen molar-refractivity contribution in [2.24, 2.45) is 5.92 Å². The van der Waals surface area contributed by atoms with Gasteiger partial charge in [0.05, 0.1) is 30.7 Å². The maximum Gasteiger partial charge on any atom is 0.416 e. The maximum atomic E-state index is 12.5. The molecule has 1 fully saturated rings. The normalized spacial score (nSPS) is 17.5. The minimum absolute atomic E-state index is 0.252. The Hall–Kier alpha value is -1.82. The van der Waals surface area contributed by atoms with Crippen LogP contribution in [0.15, 0.2) is 30.5 Å². The van der Waals surface area contributed by atoms with E-state index in [-0.39, 0.29) is 5.92 Å². The van der Waals surface area contributed by atoms with Gasteiger partial charge in [0.1, 0.15) is 5.82 Å². The molecule has 0 radical (unpaired) electrons. The molecule has 3 nitrogen and oxygen atoms in total. The summed E-state index contributed by atoms with van der Waals surface area (Å²) in [5.41, 5.74) is 0.774. The monoisotopic (exact) mass is 296 g/mol. The zero-order valence-corrected chi connectivity index (χ0v) is 11.4.